The van der Waals surface area contributed by atoms with Crippen molar-refractivity contribution in [1.82, 2.24) is 20.3 Å². The Morgan fingerprint density at radius 1 is 1.28 bits per heavy atom. The molecule has 0 saturated carbocycles. The normalized spacial score (nSPS) is 12.0. The summed E-state index contributed by atoms with van der Waals surface area (Å²) >= 11 is 0. The number of nitrogens with zero attached hydrogens (tertiary/aromatic N) is 5. The van der Waals surface area contributed by atoms with Crippen LogP contribution in [0.15, 0.2) is 6.07 Å². The van der Waals surface area contributed by atoms with E-state index in [4.69, 9.17) is 5.26 Å². The summed E-state index contributed by atoms with van der Waals surface area (Å²) in [4.78, 5) is 20.6. The first kappa shape index (κ1) is 20.6. The standard InChI is InChI=1S/C15H21F3N6O/c1-14(2,3)9-24(22-13(25)8-23(4)5)12-6-10(15(16,17)18)20-11(7-19)21-12/h6H,8-9H2,1-5H3,(H,22,25). The van der Waals surface area contributed by atoms with Gasteiger partial charge in [-0.1, -0.05) is 20.8 Å². The average Bonchev–Trinajstić information content (AvgIpc) is 2.42. The second-order valence-electron chi connectivity index (χ2n) is 6.96. The molecule has 0 aliphatic rings. The Kier molecular flexibility index (Phi) is 6.31. The number of carbonyl (C=O) groups is 1. The minimum absolute atomic E-state index is 0.0446. The minimum atomic E-state index is -4.73. The molecule has 1 heterocycles. The van der Waals surface area contributed by atoms with E-state index < -0.39 is 23.6 Å². The maximum atomic E-state index is 13.0. The molecule has 25 heavy (non-hydrogen) atoms. The molecule has 138 valence electrons. The molecule has 0 atom stereocenters. The maximum Gasteiger partial charge on any atom is 0.433 e. The van der Waals surface area contributed by atoms with Gasteiger partial charge in [0.1, 0.15) is 6.07 Å². The van der Waals surface area contributed by atoms with Crippen LogP contribution in [0.2, 0.25) is 0 Å². The first-order valence-electron chi connectivity index (χ1n) is 7.40. The number of anilines is 1. The third-order valence-electron chi connectivity index (χ3n) is 2.73. The van der Waals surface area contributed by atoms with E-state index in [1.807, 2.05) is 20.8 Å². The molecule has 7 nitrogen and oxygen atoms in total. The third-order valence-corrected chi connectivity index (χ3v) is 2.73. The molecule has 0 spiro atoms. The van der Waals surface area contributed by atoms with Crippen molar-refractivity contribution in [3.8, 4) is 6.07 Å². The van der Waals surface area contributed by atoms with Crippen molar-refractivity contribution in [2.75, 3.05) is 32.2 Å². The highest BCUT2D eigenvalue weighted by molar-refractivity contribution is 5.79. The summed E-state index contributed by atoms with van der Waals surface area (Å²) < 4.78 is 39.0. The Hall–Kier alpha value is -2.41. The van der Waals surface area contributed by atoms with Gasteiger partial charge in [-0.3, -0.25) is 15.2 Å². The number of nitriles is 1. The molecule has 1 N–H and O–H groups in total. The molecule has 0 aliphatic carbocycles. The third kappa shape index (κ3) is 6.93. The molecule has 0 radical (unpaired) electrons. The molecule has 1 aromatic heterocycles. The lowest BCUT2D eigenvalue weighted by Gasteiger charge is -2.31. The smallest absolute Gasteiger partial charge is 0.301 e. The van der Waals surface area contributed by atoms with E-state index in [1.54, 1.807) is 19.0 Å². The fraction of sp³-hybridized carbons (Fsp3) is 0.600. The van der Waals surface area contributed by atoms with Crippen LogP contribution < -0.4 is 10.4 Å². The lowest BCUT2D eigenvalue weighted by molar-refractivity contribution is -0.141. The Bertz CT molecular complexity index is 661. The van der Waals surface area contributed by atoms with Crippen LogP contribution in [0.1, 0.15) is 32.3 Å². The van der Waals surface area contributed by atoms with Gasteiger partial charge in [0.25, 0.3) is 5.91 Å². The van der Waals surface area contributed by atoms with Gasteiger partial charge < -0.3 is 4.90 Å². The Balaban J connectivity index is 3.29. The van der Waals surface area contributed by atoms with Gasteiger partial charge in [0.05, 0.1) is 6.54 Å². The van der Waals surface area contributed by atoms with Crippen LogP contribution in [0.4, 0.5) is 19.0 Å². The van der Waals surface area contributed by atoms with Crippen LogP contribution >= 0.6 is 0 Å². The molecule has 0 bridgehead atoms. The van der Waals surface area contributed by atoms with E-state index in [0.29, 0.717) is 6.07 Å². The van der Waals surface area contributed by atoms with Crippen LogP contribution in [0.25, 0.3) is 0 Å². The summed E-state index contributed by atoms with van der Waals surface area (Å²) in [7, 11) is 3.38. The summed E-state index contributed by atoms with van der Waals surface area (Å²) in [5.41, 5.74) is 0.936. The fourth-order valence-electron chi connectivity index (χ4n) is 1.89. The van der Waals surface area contributed by atoms with Crippen LogP contribution in [-0.4, -0.2) is 48.0 Å². The number of halogens is 3. The van der Waals surface area contributed by atoms with Crippen LogP contribution in [0.3, 0.4) is 0 Å². The molecule has 10 heteroatoms. The average molecular weight is 358 g/mol. The highest BCUT2D eigenvalue weighted by Crippen LogP contribution is 2.30. The summed E-state index contributed by atoms with van der Waals surface area (Å²) in [6, 6.07) is 2.22. The fourth-order valence-corrected chi connectivity index (χ4v) is 1.89. The second-order valence-corrected chi connectivity index (χ2v) is 6.96. The number of aromatic nitrogens is 2. The molecule has 0 aromatic carbocycles. The number of hydrogen-bond donors (Lipinski definition) is 1. The topological polar surface area (TPSA) is 85.2 Å². The Morgan fingerprint density at radius 2 is 1.88 bits per heavy atom. The summed E-state index contributed by atoms with van der Waals surface area (Å²) in [6.45, 7) is 5.80. The quantitative estimate of drug-likeness (QED) is 0.808. The molecule has 0 aliphatic heterocycles. The number of alkyl halides is 3. The SMILES string of the molecule is CN(C)CC(=O)NN(CC(C)(C)C)c1cc(C(F)(F)F)nc(C#N)n1. The van der Waals surface area contributed by atoms with Gasteiger partial charge in [-0.2, -0.15) is 23.4 Å². The minimum Gasteiger partial charge on any atom is -0.301 e. The van der Waals surface area contributed by atoms with E-state index in [-0.39, 0.29) is 24.3 Å². The lowest BCUT2D eigenvalue weighted by Crippen LogP contribution is -2.49. The number of carbonyl (C=O) groups excluding carboxylic acids is 1. The molecular formula is C15H21F3N6O. The molecular weight excluding hydrogens is 337 g/mol. The van der Waals surface area contributed by atoms with Crippen molar-refractivity contribution in [2.45, 2.75) is 26.9 Å². The number of nitrogens with one attached hydrogen (secondary N) is 1. The first-order chi connectivity index (χ1) is 11.3. The molecule has 0 saturated heterocycles. The number of hydrazine groups is 1. The van der Waals surface area contributed by atoms with Crippen molar-refractivity contribution in [3.63, 3.8) is 0 Å². The summed E-state index contributed by atoms with van der Waals surface area (Å²) in [5.74, 6) is -1.23. The van der Waals surface area contributed by atoms with Gasteiger partial charge in [0.15, 0.2) is 11.5 Å². The van der Waals surface area contributed by atoms with Crippen LogP contribution in [0.5, 0.6) is 0 Å². The molecule has 0 unspecified atom stereocenters. The predicted molar refractivity (Wildman–Crippen MR) is 85.2 cm³/mol. The van der Waals surface area contributed by atoms with Gasteiger partial charge in [0.2, 0.25) is 5.82 Å². The molecule has 1 amide bonds. The van der Waals surface area contributed by atoms with E-state index in [9.17, 15) is 18.0 Å². The number of rotatable bonds is 5. The van der Waals surface area contributed by atoms with Gasteiger partial charge in [-0.05, 0) is 19.5 Å². The molecule has 1 rings (SSSR count). The number of likely N-dealkylation sites (N-methyl/N-ethyl adjacent to an activating group) is 1. The number of amides is 1. The summed E-state index contributed by atoms with van der Waals surface area (Å²) in [5, 5.41) is 10.1. The molecule has 1 aromatic rings. The molecule has 0 fully saturated rings. The van der Waals surface area contributed by atoms with E-state index in [1.165, 1.54) is 11.1 Å². The zero-order valence-corrected chi connectivity index (χ0v) is 14.8. The maximum absolute atomic E-state index is 13.0. The monoisotopic (exact) mass is 358 g/mol. The van der Waals surface area contributed by atoms with Crippen LogP contribution in [-0.2, 0) is 11.0 Å². The van der Waals surface area contributed by atoms with Crippen molar-refractivity contribution in [3.05, 3.63) is 17.6 Å². The van der Waals surface area contributed by atoms with Crippen molar-refractivity contribution in [2.24, 2.45) is 5.41 Å². The second kappa shape index (κ2) is 7.65. The van der Waals surface area contributed by atoms with Gasteiger partial charge in [-0.15, -0.1) is 0 Å². The first-order valence-corrected chi connectivity index (χ1v) is 7.40. The highest BCUT2D eigenvalue weighted by Gasteiger charge is 2.34. The van der Waals surface area contributed by atoms with Crippen molar-refractivity contribution < 1.29 is 18.0 Å². The lowest BCUT2D eigenvalue weighted by atomic mass is 9.97. The van der Waals surface area contributed by atoms with Crippen LogP contribution in [0, 0.1) is 16.7 Å². The summed E-state index contributed by atoms with van der Waals surface area (Å²) in [6.07, 6.45) is -4.73. The van der Waals surface area contributed by atoms with Gasteiger partial charge >= 0.3 is 6.18 Å². The highest BCUT2D eigenvalue weighted by atomic mass is 19.4. The predicted octanol–water partition coefficient (Wildman–Crippen LogP) is 1.81. The van der Waals surface area contributed by atoms with Gasteiger partial charge in [0, 0.05) is 12.6 Å². The van der Waals surface area contributed by atoms with E-state index in [0.717, 1.165) is 0 Å². The largest absolute Gasteiger partial charge is 0.433 e. The van der Waals surface area contributed by atoms with E-state index in [2.05, 4.69) is 15.4 Å². The van der Waals surface area contributed by atoms with Gasteiger partial charge in [-0.25, -0.2) is 4.98 Å². The zero-order valence-electron chi connectivity index (χ0n) is 14.8. The van der Waals surface area contributed by atoms with Crippen molar-refractivity contribution in [1.29, 1.82) is 5.26 Å². The van der Waals surface area contributed by atoms with Crippen molar-refractivity contribution >= 4 is 11.7 Å². The number of hydrogen-bond acceptors (Lipinski definition) is 6. The Morgan fingerprint density at radius 3 is 2.32 bits per heavy atom. The van der Waals surface area contributed by atoms with E-state index >= 15 is 0 Å². The zero-order chi connectivity index (χ0) is 19.4. The Labute approximate surface area is 144 Å².